The number of hydrogen-bond acceptors (Lipinski definition) is 2. The molecule has 3 heterocycles. The van der Waals surface area contributed by atoms with Gasteiger partial charge in [-0.3, -0.25) is 4.98 Å². The predicted molar refractivity (Wildman–Crippen MR) is 129 cm³/mol. The highest BCUT2D eigenvalue weighted by Crippen LogP contribution is 2.44. The fraction of sp³-hybridized carbons (Fsp3) is 0.385. The summed E-state index contributed by atoms with van der Waals surface area (Å²) in [6.45, 7) is 5.37. The van der Waals surface area contributed by atoms with Gasteiger partial charge in [0.15, 0.2) is 5.11 Å². The van der Waals surface area contributed by atoms with Crippen molar-refractivity contribution in [2.45, 2.75) is 64.2 Å². The highest BCUT2D eigenvalue weighted by atomic mass is 32.1. The van der Waals surface area contributed by atoms with Crippen molar-refractivity contribution in [3.8, 4) is 0 Å². The Bertz CT molecular complexity index is 1050. The Morgan fingerprint density at radius 1 is 1.03 bits per heavy atom. The van der Waals surface area contributed by atoms with Crippen LogP contribution in [0, 0.1) is 13.8 Å². The lowest BCUT2D eigenvalue weighted by Gasteiger charge is -2.33. The van der Waals surface area contributed by atoms with Crippen molar-refractivity contribution in [2.24, 2.45) is 0 Å². The molecule has 2 aromatic heterocycles. The van der Waals surface area contributed by atoms with Gasteiger partial charge in [-0.25, -0.2) is 0 Å². The maximum Gasteiger partial charge on any atom is 0.170 e. The molecule has 0 radical (unpaired) electrons. The van der Waals surface area contributed by atoms with E-state index in [1.807, 2.05) is 12.3 Å². The summed E-state index contributed by atoms with van der Waals surface area (Å²) in [6.07, 6.45) is 6.90. The Balaban J connectivity index is 1.57. The van der Waals surface area contributed by atoms with E-state index >= 15 is 0 Å². The van der Waals surface area contributed by atoms with Gasteiger partial charge in [-0.2, -0.15) is 0 Å². The second-order valence-corrected chi connectivity index (χ2v) is 9.26. The van der Waals surface area contributed by atoms with Gasteiger partial charge >= 0.3 is 0 Å². The topological polar surface area (TPSA) is 33.1 Å². The Morgan fingerprint density at radius 2 is 1.77 bits per heavy atom. The summed E-state index contributed by atoms with van der Waals surface area (Å²) < 4.78 is 2.44. The number of aryl methyl sites for hydroxylation is 1. The average molecular weight is 431 g/mol. The number of nitrogens with one attached hydrogen (secondary N) is 1. The molecule has 2 atom stereocenters. The van der Waals surface area contributed by atoms with Crippen molar-refractivity contribution >= 4 is 17.3 Å². The van der Waals surface area contributed by atoms with Crippen LogP contribution in [0.25, 0.3) is 0 Å². The van der Waals surface area contributed by atoms with Gasteiger partial charge in [0, 0.05) is 30.2 Å². The number of aromatic nitrogens is 2. The van der Waals surface area contributed by atoms with E-state index in [-0.39, 0.29) is 12.1 Å². The van der Waals surface area contributed by atoms with Crippen LogP contribution in [0.5, 0.6) is 0 Å². The number of rotatable bonds is 5. The van der Waals surface area contributed by atoms with Crippen molar-refractivity contribution in [3.05, 3.63) is 89.0 Å². The number of benzene rings is 1. The van der Waals surface area contributed by atoms with Crippen LogP contribution >= 0.6 is 12.2 Å². The minimum Gasteiger partial charge on any atom is -0.352 e. The van der Waals surface area contributed by atoms with Crippen LogP contribution in [0.4, 0.5) is 0 Å². The molecule has 1 aromatic carbocycles. The molecule has 160 valence electrons. The molecule has 1 saturated heterocycles. The zero-order chi connectivity index (χ0) is 21.4. The quantitative estimate of drug-likeness (QED) is 0.545. The van der Waals surface area contributed by atoms with Gasteiger partial charge < -0.3 is 14.8 Å². The minimum atomic E-state index is 0.0694. The molecule has 1 saturated carbocycles. The number of pyridine rings is 1. The van der Waals surface area contributed by atoms with Crippen molar-refractivity contribution < 1.29 is 0 Å². The summed E-state index contributed by atoms with van der Waals surface area (Å²) in [5, 5.41) is 4.51. The second-order valence-electron chi connectivity index (χ2n) is 8.87. The van der Waals surface area contributed by atoms with E-state index in [0.717, 1.165) is 17.4 Å². The third kappa shape index (κ3) is 3.76. The van der Waals surface area contributed by atoms with Crippen LogP contribution in [0.15, 0.2) is 60.8 Å². The van der Waals surface area contributed by atoms with Crippen molar-refractivity contribution in [1.82, 2.24) is 19.8 Å². The molecule has 31 heavy (non-hydrogen) atoms. The van der Waals surface area contributed by atoms with Gasteiger partial charge in [0.05, 0.1) is 17.8 Å². The maximum atomic E-state index is 5.90. The largest absolute Gasteiger partial charge is 0.352 e. The molecule has 1 aliphatic heterocycles. The molecule has 1 aliphatic carbocycles. The lowest BCUT2D eigenvalue weighted by molar-refractivity contribution is 0.245. The summed E-state index contributed by atoms with van der Waals surface area (Å²) in [4.78, 5) is 7.20. The van der Waals surface area contributed by atoms with E-state index in [1.54, 1.807) is 0 Å². The summed E-state index contributed by atoms with van der Waals surface area (Å²) >= 11 is 5.90. The summed E-state index contributed by atoms with van der Waals surface area (Å²) in [6, 6.07) is 20.0. The smallest absolute Gasteiger partial charge is 0.170 e. The summed E-state index contributed by atoms with van der Waals surface area (Å²) in [5.74, 6) is 0. The summed E-state index contributed by atoms with van der Waals surface area (Å²) in [7, 11) is 0. The number of thiocarbonyl (C=S) groups is 1. The standard InChI is InChI=1S/C26H30N4S/c1-18-16-22(19(2)29(18)17-20-10-4-3-5-11-20)25-24(23-14-8-9-15-27-23)28-26(31)30(25)21-12-6-7-13-21/h3-5,8-11,14-16,21,24-25H,6-7,12-13,17H2,1-2H3,(H,28,31)/t24-,25+/m1/s1. The van der Waals surface area contributed by atoms with E-state index in [2.05, 4.69) is 77.2 Å². The number of hydrogen-bond donors (Lipinski definition) is 1. The zero-order valence-corrected chi connectivity index (χ0v) is 19.1. The van der Waals surface area contributed by atoms with Crippen molar-refractivity contribution in [1.29, 1.82) is 0 Å². The van der Waals surface area contributed by atoms with E-state index in [4.69, 9.17) is 17.2 Å². The van der Waals surface area contributed by atoms with E-state index < -0.39 is 0 Å². The van der Waals surface area contributed by atoms with Crippen molar-refractivity contribution in [3.63, 3.8) is 0 Å². The molecule has 0 spiro atoms. The van der Waals surface area contributed by atoms with Crippen LogP contribution in [0.3, 0.4) is 0 Å². The molecule has 5 rings (SSSR count). The Kier molecular flexibility index (Phi) is 5.53. The van der Waals surface area contributed by atoms with Gasteiger partial charge in [-0.15, -0.1) is 0 Å². The van der Waals surface area contributed by atoms with Gasteiger partial charge in [0.25, 0.3) is 0 Å². The number of nitrogens with zero attached hydrogens (tertiary/aromatic N) is 3. The van der Waals surface area contributed by atoms with E-state index in [1.165, 1.54) is 48.2 Å². The first-order valence-corrected chi connectivity index (χ1v) is 11.7. The minimum absolute atomic E-state index is 0.0694. The highest BCUT2D eigenvalue weighted by Gasteiger charge is 2.44. The molecule has 0 bridgehead atoms. The Labute approximate surface area is 190 Å². The van der Waals surface area contributed by atoms with Crippen LogP contribution in [-0.2, 0) is 6.54 Å². The fourth-order valence-corrected chi connectivity index (χ4v) is 5.80. The molecular formula is C26H30N4S. The molecule has 4 nitrogen and oxygen atoms in total. The lowest BCUT2D eigenvalue weighted by Crippen LogP contribution is -2.37. The molecule has 3 aromatic rings. The maximum absolute atomic E-state index is 5.90. The molecule has 2 aliphatic rings. The van der Waals surface area contributed by atoms with Crippen molar-refractivity contribution in [2.75, 3.05) is 0 Å². The Morgan fingerprint density at radius 3 is 2.48 bits per heavy atom. The third-order valence-electron chi connectivity index (χ3n) is 6.97. The molecule has 0 amide bonds. The molecule has 5 heteroatoms. The van der Waals surface area contributed by atoms with Crippen LogP contribution in [-0.4, -0.2) is 25.6 Å². The molecular weight excluding hydrogens is 400 g/mol. The monoisotopic (exact) mass is 430 g/mol. The van der Waals surface area contributed by atoms with E-state index in [9.17, 15) is 0 Å². The van der Waals surface area contributed by atoms with Crippen LogP contribution in [0.1, 0.15) is 66.0 Å². The molecule has 1 N–H and O–H groups in total. The van der Waals surface area contributed by atoms with Gasteiger partial charge in [-0.1, -0.05) is 49.2 Å². The Hall–Kier alpha value is -2.66. The highest BCUT2D eigenvalue weighted by molar-refractivity contribution is 7.80. The lowest BCUT2D eigenvalue weighted by atomic mass is 9.95. The fourth-order valence-electron chi connectivity index (χ4n) is 5.41. The molecule has 0 unspecified atom stereocenters. The SMILES string of the molecule is Cc1cc([C@H]2[C@@H](c3ccccn3)NC(=S)N2C2CCCC2)c(C)n1Cc1ccccc1. The third-order valence-corrected chi connectivity index (χ3v) is 7.30. The van der Waals surface area contributed by atoms with E-state index in [0.29, 0.717) is 6.04 Å². The normalized spacial score (nSPS) is 21.6. The van der Waals surface area contributed by atoms with Gasteiger partial charge in [0.1, 0.15) is 0 Å². The van der Waals surface area contributed by atoms with Gasteiger partial charge in [-0.05, 0) is 68.2 Å². The second kappa shape index (κ2) is 8.46. The van der Waals surface area contributed by atoms with Crippen LogP contribution in [0.2, 0.25) is 0 Å². The van der Waals surface area contributed by atoms with Crippen LogP contribution < -0.4 is 5.32 Å². The molecule has 2 fully saturated rings. The average Bonchev–Trinajstić information content (AvgIpc) is 3.50. The zero-order valence-electron chi connectivity index (χ0n) is 18.3. The summed E-state index contributed by atoms with van der Waals surface area (Å²) in [5.41, 5.74) is 6.36. The first kappa shape index (κ1) is 20.3. The first-order valence-electron chi connectivity index (χ1n) is 11.3. The predicted octanol–water partition coefficient (Wildman–Crippen LogP) is 5.46. The van der Waals surface area contributed by atoms with Gasteiger partial charge in [0.2, 0.25) is 0 Å². The first-order chi connectivity index (χ1) is 15.1.